The maximum atomic E-state index is 12.7. The van der Waals surface area contributed by atoms with E-state index >= 15 is 0 Å². The number of anilines is 1. The van der Waals surface area contributed by atoms with Crippen LogP contribution in [-0.2, 0) is 0 Å². The third kappa shape index (κ3) is 4.52. The molecule has 150 valence electrons. The van der Waals surface area contributed by atoms with E-state index in [-0.39, 0.29) is 12.4 Å². The fourth-order valence-corrected chi connectivity index (χ4v) is 3.71. The lowest BCUT2D eigenvalue weighted by Crippen LogP contribution is -2.30. The molecule has 30 heavy (non-hydrogen) atoms. The van der Waals surface area contributed by atoms with Gasteiger partial charge < -0.3 is 9.64 Å². The molecule has 1 aromatic heterocycles. The summed E-state index contributed by atoms with van der Waals surface area (Å²) >= 11 is 0. The third-order valence-electron chi connectivity index (χ3n) is 5.26. The van der Waals surface area contributed by atoms with Gasteiger partial charge in [-0.1, -0.05) is 24.1 Å². The minimum atomic E-state index is -0.0590. The van der Waals surface area contributed by atoms with E-state index in [0.717, 1.165) is 35.4 Å². The predicted octanol–water partition coefficient (Wildman–Crippen LogP) is 5.13. The number of rotatable bonds is 6. The Hall–Kier alpha value is -3.58. The standard InChI is InChI=1S/C26H24N2O2/c1-2-18-30-23-13-10-20(11-14-23)25(29)15-12-22-19-21-8-4-5-9-24(21)27-26(22)28-16-6-3-7-17-28/h1,4-5,8-15,19H,3,6-7,16-18H2/b15-12+. The Labute approximate surface area is 177 Å². The largest absolute Gasteiger partial charge is 0.481 e. The molecule has 0 spiro atoms. The Morgan fingerprint density at radius 2 is 1.87 bits per heavy atom. The van der Waals surface area contributed by atoms with Crippen molar-refractivity contribution in [1.82, 2.24) is 4.98 Å². The van der Waals surface area contributed by atoms with Crippen LogP contribution in [0, 0.1) is 12.3 Å². The maximum absolute atomic E-state index is 12.7. The SMILES string of the molecule is C#CCOc1ccc(C(=O)/C=C/c2cc3ccccc3nc2N2CCCCC2)cc1. The van der Waals surface area contributed by atoms with Crippen LogP contribution in [0.3, 0.4) is 0 Å². The second-order valence-electron chi connectivity index (χ2n) is 7.36. The van der Waals surface area contributed by atoms with E-state index in [1.165, 1.54) is 19.3 Å². The smallest absolute Gasteiger partial charge is 0.185 e. The minimum absolute atomic E-state index is 0.0590. The van der Waals surface area contributed by atoms with Gasteiger partial charge in [0.2, 0.25) is 0 Å². The van der Waals surface area contributed by atoms with Crippen LogP contribution in [0.25, 0.3) is 17.0 Å². The van der Waals surface area contributed by atoms with Crippen LogP contribution in [0.4, 0.5) is 5.82 Å². The fourth-order valence-electron chi connectivity index (χ4n) is 3.71. The monoisotopic (exact) mass is 396 g/mol. The number of pyridine rings is 1. The Morgan fingerprint density at radius 1 is 1.10 bits per heavy atom. The van der Waals surface area contributed by atoms with E-state index in [2.05, 4.69) is 23.0 Å². The first kappa shape index (κ1) is 19.7. The lowest BCUT2D eigenvalue weighted by atomic mass is 10.1. The summed E-state index contributed by atoms with van der Waals surface area (Å²) in [6, 6.07) is 17.2. The number of para-hydroxylation sites is 1. The van der Waals surface area contributed by atoms with E-state index in [0.29, 0.717) is 11.3 Å². The number of terminal acetylenes is 1. The lowest BCUT2D eigenvalue weighted by Gasteiger charge is -2.29. The maximum Gasteiger partial charge on any atom is 0.185 e. The number of piperidine rings is 1. The quantitative estimate of drug-likeness (QED) is 0.329. The summed E-state index contributed by atoms with van der Waals surface area (Å²) in [6.07, 6.45) is 12.3. The van der Waals surface area contributed by atoms with Crippen LogP contribution in [0.5, 0.6) is 5.75 Å². The van der Waals surface area contributed by atoms with Gasteiger partial charge >= 0.3 is 0 Å². The van der Waals surface area contributed by atoms with E-state index in [1.54, 1.807) is 30.3 Å². The molecule has 4 nitrogen and oxygen atoms in total. The molecule has 0 atom stereocenters. The van der Waals surface area contributed by atoms with Crippen molar-refractivity contribution in [1.29, 1.82) is 0 Å². The Kier molecular flexibility index (Phi) is 6.10. The van der Waals surface area contributed by atoms with Crippen LogP contribution < -0.4 is 9.64 Å². The first-order valence-corrected chi connectivity index (χ1v) is 10.3. The van der Waals surface area contributed by atoms with Gasteiger partial charge in [-0.05, 0) is 67.8 Å². The number of carbonyl (C=O) groups is 1. The molecule has 1 fully saturated rings. The van der Waals surface area contributed by atoms with E-state index in [9.17, 15) is 4.79 Å². The van der Waals surface area contributed by atoms with Crippen molar-refractivity contribution in [2.45, 2.75) is 19.3 Å². The van der Waals surface area contributed by atoms with Crippen molar-refractivity contribution < 1.29 is 9.53 Å². The third-order valence-corrected chi connectivity index (χ3v) is 5.26. The van der Waals surface area contributed by atoms with E-state index in [4.69, 9.17) is 16.1 Å². The molecule has 2 heterocycles. The van der Waals surface area contributed by atoms with Crippen LogP contribution in [0.2, 0.25) is 0 Å². The van der Waals surface area contributed by atoms with Crippen LogP contribution >= 0.6 is 0 Å². The summed E-state index contributed by atoms with van der Waals surface area (Å²) in [5.41, 5.74) is 2.55. The molecule has 0 saturated carbocycles. The zero-order valence-electron chi connectivity index (χ0n) is 16.9. The van der Waals surface area contributed by atoms with Crippen molar-refractivity contribution in [3.63, 3.8) is 0 Å². The van der Waals surface area contributed by atoms with Gasteiger partial charge in [0.25, 0.3) is 0 Å². The predicted molar refractivity (Wildman–Crippen MR) is 122 cm³/mol. The van der Waals surface area contributed by atoms with Gasteiger partial charge in [-0.3, -0.25) is 4.79 Å². The Balaban J connectivity index is 1.60. The van der Waals surface area contributed by atoms with Gasteiger partial charge in [-0.25, -0.2) is 4.98 Å². The molecule has 0 radical (unpaired) electrons. The number of benzene rings is 2. The number of nitrogens with zero attached hydrogens (tertiary/aromatic N) is 2. The summed E-state index contributed by atoms with van der Waals surface area (Å²) in [7, 11) is 0. The number of ether oxygens (including phenoxy) is 1. The highest BCUT2D eigenvalue weighted by Crippen LogP contribution is 2.27. The topological polar surface area (TPSA) is 42.4 Å². The summed E-state index contributed by atoms with van der Waals surface area (Å²) in [5.74, 6) is 3.97. The highest BCUT2D eigenvalue weighted by Gasteiger charge is 2.16. The molecular weight excluding hydrogens is 372 g/mol. The molecule has 4 heteroatoms. The number of allylic oxidation sites excluding steroid dienone is 1. The van der Waals surface area contributed by atoms with Crippen molar-refractivity contribution in [3.8, 4) is 18.1 Å². The second kappa shape index (κ2) is 9.28. The normalized spacial score (nSPS) is 14.0. The van der Waals surface area contributed by atoms with Gasteiger partial charge in [0.1, 0.15) is 18.2 Å². The van der Waals surface area contributed by atoms with Crippen LogP contribution in [0.15, 0.2) is 60.7 Å². The summed E-state index contributed by atoms with van der Waals surface area (Å²) in [5, 5.41) is 1.07. The fraction of sp³-hybridized carbons (Fsp3) is 0.231. The molecule has 2 aromatic carbocycles. The van der Waals surface area contributed by atoms with Crippen LogP contribution in [-0.4, -0.2) is 30.5 Å². The minimum Gasteiger partial charge on any atom is -0.481 e. The molecule has 1 saturated heterocycles. The number of hydrogen-bond acceptors (Lipinski definition) is 4. The zero-order chi connectivity index (χ0) is 20.8. The summed E-state index contributed by atoms with van der Waals surface area (Å²) < 4.78 is 5.36. The summed E-state index contributed by atoms with van der Waals surface area (Å²) in [6.45, 7) is 2.21. The Bertz CT molecular complexity index is 1100. The number of fused-ring (bicyclic) bond motifs is 1. The first-order chi connectivity index (χ1) is 14.7. The van der Waals surface area contributed by atoms with Crippen molar-refractivity contribution in [3.05, 3.63) is 71.8 Å². The van der Waals surface area contributed by atoms with Crippen molar-refractivity contribution >= 4 is 28.6 Å². The van der Waals surface area contributed by atoms with Gasteiger partial charge in [0.05, 0.1) is 5.52 Å². The number of aromatic nitrogens is 1. The molecule has 4 rings (SSSR count). The first-order valence-electron chi connectivity index (χ1n) is 10.3. The van der Waals surface area contributed by atoms with Gasteiger partial charge in [-0.15, -0.1) is 6.42 Å². The van der Waals surface area contributed by atoms with Gasteiger partial charge in [0.15, 0.2) is 5.78 Å². The average Bonchev–Trinajstić information content (AvgIpc) is 2.81. The molecule has 0 N–H and O–H groups in total. The number of hydrogen-bond donors (Lipinski definition) is 0. The molecule has 0 amide bonds. The van der Waals surface area contributed by atoms with Gasteiger partial charge in [0, 0.05) is 29.6 Å². The number of carbonyl (C=O) groups excluding carboxylic acids is 1. The summed E-state index contributed by atoms with van der Waals surface area (Å²) in [4.78, 5) is 20.0. The zero-order valence-corrected chi connectivity index (χ0v) is 16.9. The number of ketones is 1. The molecule has 1 aliphatic rings. The van der Waals surface area contributed by atoms with Crippen LogP contribution in [0.1, 0.15) is 35.2 Å². The second-order valence-corrected chi connectivity index (χ2v) is 7.36. The highest BCUT2D eigenvalue weighted by molar-refractivity contribution is 6.07. The molecule has 0 aliphatic carbocycles. The van der Waals surface area contributed by atoms with E-state index in [1.807, 2.05) is 24.3 Å². The Morgan fingerprint density at radius 3 is 2.63 bits per heavy atom. The van der Waals surface area contributed by atoms with Crippen molar-refractivity contribution in [2.75, 3.05) is 24.6 Å². The average molecular weight is 396 g/mol. The molecular formula is C26H24N2O2. The highest BCUT2D eigenvalue weighted by atomic mass is 16.5. The molecule has 0 bridgehead atoms. The molecule has 1 aliphatic heterocycles. The van der Waals surface area contributed by atoms with Crippen molar-refractivity contribution in [2.24, 2.45) is 0 Å². The molecule has 0 unspecified atom stereocenters. The van der Waals surface area contributed by atoms with Gasteiger partial charge in [-0.2, -0.15) is 0 Å². The van der Waals surface area contributed by atoms with E-state index < -0.39 is 0 Å². The molecule has 3 aromatic rings. The lowest BCUT2D eigenvalue weighted by molar-refractivity contribution is 0.104.